The van der Waals surface area contributed by atoms with Crippen LogP contribution in [-0.2, 0) is 17.1 Å². The molecule has 0 aliphatic carbocycles. The molecule has 1 aromatic heterocycles. The van der Waals surface area contributed by atoms with Gasteiger partial charge in [0, 0.05) is 18.5 Å². The van der Waals surface area contributed by atoms with E-state index < -0.39 is 0 Å². The second-order valence-electron chi connectivity index (χ2n) is 5.29. The lowest BCUT2D eigenvalue weighted by molar-refractivity contribution is -0.133. The van der Waals surface area contributed by atoms with Crippen LogP contribution in [0.4, 0.5) is 0 Å². The summed E-state index contributed by atoms with van der Waals surface area (Å²) in [6, 6.07) is 0. The number of amides is 1. The Morgan fingerprint density at radius 2 is 2.17 bits per heavy atom. The summed E-state index contributed by atoms with van der Waals surface area (Å²) in [6.07, 6.45) is 1.64. The number of carbonyl (C=O) groups is 1. The number of aromatic nitrogens is 1. The molecule has 1 aliphatic heterocycles. The van der Waals surface area contributed by atoms with Crippen molar-refractivity contribution in [1.82, 2.24) is 9.88 Å². The average Bonchev–Trinajstić information content (AvgIpc) is 2.75. The number of rotatable bonds is 3. The first kappa shape index (κ1) is 13.8. The van der Waals surface area contributed by atoms with E-state index in [1.165, 1.54) is 17.8 Å². The molecule has 2 rings (SSSR count). The Labute approximate surface area is 117 Å². The van der Waals surface area contributed by atoms with Gasteiger partial charge in [0.1, 0.15) is 5.01 Å². The molecule has 1 saturated heterocycles. The number of hydrogen-bond donors (Lipinski definition) is 0. The SMILES string of the molecule is CC1CC(C)CN(C(=O)Cc2nc(CCl)cs2)C1. The standard InChI is InChI=1S/C13H19ClN2OS/c1-9-3-10(2)7-16(6-9)13(17)4-12-15-11(5-14)8-18-12/h8-10H,3-7H2,1-2H3. The molecule has 1 aromatic rings. The van der Waals surface area contributed by atoms with Gasteiger partial charge in [-0.2, -0.15) is 0 Å². The fraction of sp³-hybridized carbons (Fsp3) is 0.692. The van der Waals surface area contributed by atoms with Crippen LogP contribution < -0.4 is 0 Å². The Morgan fingerprint density at radius 3 is 2.72 bits per heavy atom. The van der Waals surface area contributed by atoms with E-state index in [9.17, 15) is 4.79 Å². The monoisotopic (exact) mass is 286 g/mol. The maximum absolute atomic E-state index is 12.2. The number of piperidine rings is 1. The van der Waals surface area contributed by atoms with Crippen LogP contribution in [0.5, 0.6) is 0 Å². The van der Waals surface area contributed by atoms with Gasteiger partial charge in [0.15, 0.2) is 0 Å². The molecule has 18 heavy (non-hydrogen) atoms. The van der Waals surface area contributed by atoms with Gasteiger partial charge in [0.2, 0.25) is 5.91 Å². The summed E-state index contributed by atoms with van der Waals surface area (Å²) in [7, 11) is 0. The molecule has 3 nitrogen and oxygen atoms in total. The van der Waals surface area contributed by atoms with E-state index in [0.717, 1.165) is 23.8 Å². The predicted molar refractivity (Wildman–Crippen MR) is 74.9 cm³/mol. The second kappa shape index (κ2) is 6.02. The number of halogens is 1. The summed E-state index contributed by atoms with van der Waals surface area (Å²) in [6.45, 7) is 6.20. The topological polar surface area (TPSA) is 33.2 Å². The number of alkyl halides is 1. The van der Waals surface area contributed by atoms with Gasteiger partial charge in [-0.25, -0.2) is 4.98 Å². The molecule has 1 aliphatic rings. The van der Waals surface area contributed by atoms with Crippen LogP contribution in [0.3, 0.4) is 0 Å². The molecule has 0 N–H and O–H groups in total. The van der Waals surface area contributed by atoms with Crippen LogP contribution in [0.15, 0.2) is 5.38 Å². The van der Waals surface area contributed by atoms with Gasteiger partial charge in [-0.15, -0.1) is 22.9 Å². The molecule has 1 amide bonds. The molecule has 2 atom stereocenters. The largest absolute Gasteiger partial charge is 0.342 e. The Bertz CT molecular complexity index is 411. The first-order chi connectivity index (χ1) is 8.58. The van der Waals surface area contributed by atoms with Crippen molar-refractivity contribution in [3.63, 3.8) is 0 Å². The molecule has 1 fully saturated rings. The van der Waals surface area contributed by atoms with Crippen molar-refractivity contribution in [2.24, 2.45) is 11.8 Å². The molecular weight excluding hydrogens is 268 g/mol. The highest BCUT2D eigenvalue weighted by atomic mass is 35.5. The lowest BCUT2D eigenvalue weighted by Gasteiger charge is -2.34. The van der Waals surface area contributed by atoms with Crippen molar-refractivity contribution < 1.29 is 4.79 Å². The fourth-order valence-electron chi connectivity index (χ4n) is 2.60. The van der Waals surface area contributed by atoms with Crippen LogP contribution in [0.1, 0.15) is 31.0 Å². The summed E-state index contributed by atoms with van der Waals surface area (Å²) >= 11 is 7.24. The minimum Gasteiger partial charge on any atom is -0.342 e. The minimum absolute atomic E-state index is 0.198. The smallest absolute Gasteiger partial charge is 0.229 e. The molecular formula is C13H19ClN2OS. The molecule has 0 saturated carbocycles. The Morgan fingerprint density at radius 1 is 1.50 bits per heavy atom. The fourth-order valence-corrected chi connectivity index (χ4v) is 3.61. The van der Waals surface area contributed by atoms with E-state index in [1.807, 2.05) is 10.3 Å². The summed E-state index contributed by atoms with van der Waals surface area (Å²) in [5, 5.41) is 2.80. The second-order valence-corrected chi connectivity index (χ2v) is 6.50. The molecule has 0 radical (unpaired) electrons. The van der Waals surface area contributed by atoms with Crippen molar-refractivity contribution in [3.8, 4) is 0 Å². The van der Waals surface area contributed by atoms with Crippen molar-refractivity contribution in [2.75, 3.05) is 13.1 Å². The van der Waals surface area contributed by atoms with E-state index in [0.29, 0.717) is 24.1 Å². The van der Waals surface area contributed by atoms with Gasteiger partial charge >= 0.3 is 0 Å². The maximum Gasteiger partial charge on any atom is 0.229 e. The van der Waals surface area contributed by atoms with Crippen molar-refractivity contribution in [3.05, 3.63) is 16.1 Å². The lowest BCUT2D eigenvalue weighted by atomic mass is 9.92. The van der Waals surface area contributed by atoms with Gasteiger partial charge in [-0.1, -0.05) is 13.8 Å². The highest BCUT2D eigenvalue weighted by Gasteiger charge is 2.25. The van der Waals surface area contributed by atoms with Gasteiger partial charge in [-0.3, -0.25) is 4.79 Å². The summed E-state index contributed by atoms with van der Waals surface area (Å²) in [5.74, 6) is 1.83. The van der Waals surface area contributed by atoms with Crippen LogP contribution in [-0.4, -0.2) is 28.9 Å². The Balaban J connectivity index is 1.94. The number of likely N-dealkylation sites (tertiary alicyclic amines) is 1. The number of nitrogens with zero attached hydrogens (tertiary/aromatic N) is 2. The highest BCUT2D eigenvalue weighted by Crippen LogP contribution is 2.22. The van der Waals surface area contributed by atoms with Gasteiger partial charge in [0.05, 0.1) is 18.0 Å². The summed E-state index contributed by atoms with van der Waals surface area (Å²) < 4.78 is 0. The molecule has 2 unspecified atom stereocenters. The first-order valence-electron chi connectivity index (χ1n) is 6.35. The van der Waals surface area contributed by atoms with Crippen LogP contribution >= 0.6 is 22.9 Å². The van der Waals surface area contributed by atoms with Crippen molar-refractivity contribution >= 4 is 28.8 Å². The zero-order valence-corrected chi connectivity index (χ0v) is 12.4. The Hall–Kier alpha value is -0.610. The number of hydrogen-bond acceptors (Lipinski definition) is 3. The quantitative estimate of drug-likeness (QED) is 0.801. The molecule has 2 heterocycles. The third kappa shape index (κ3) is 3.45. The zero-order valence-electron chi connectivity index (χ0n) is 10.9. The van der Waals surface area contributed by atoms with E-state index in [2.05, 4.69) is 18.8 Å². The van der Waals surface area contributed by atoms with Gasteiger partial charge in [0.25, 0.3) is 0 Å². The van der Waals surface area contributed by atoms with Crippen molar-refractivity contribution in [1.29, 1.82) is 0 Å². The minimum atomic E-state index is 0.198. The Kier molecular flexibility index (Phi) is 4.62. The van der Waals surface area contributed by atoms with E-state index in [-0.39, 0.29) is 5.91 Å². The van der Waals surface area contributed by atoms with Crippen LogP contribution in [0.2, 0.25) is 0 Å². The van der Waals surface area contributed by atoms with Gasteiger partial charge < -0.3 is 4.90 Å². The third-order valence-electron chi connectivity index (χ3n) is 3.26. The third-order valence-corrected chi connectivity index (χ3v) is 4.43. The maximum atomic E-state index is 12.2. The molecule has 0 aromatic carbocycles. The highest BCUT2D eigenvalue weighted by molar-refractivity contribution is 7.09. The number of thiazole rings is 1. The predicted octanol–water partition coefficient (Wildman–Crippen LogP) is 2.93. The molecule has 5 heteroatoms. The average molecular weight is 287 g/mol. The lowest BCUT2D eigenvalue weighted by Crippen LogP contribution is -2.43. The van der Waals surface area contributed by atoms with E-state index in [4.69, 9.17) is 11.6 Å². The van der Waals surface area contributed by atoms with Crippen LogP contribution in [0, 0.1) is 11.8 Å². The van der Waals surface area contributed by atoms with Crippen molar-refractivity contribution in [2.45, 2.75) is 32.6 Å². The van der Waals surface area contributed by atoms with E-state index in [1.54, 1.807) is 0 Å². The molecule has 0 spiro atoms. The summed E-state index contributed by atoms with van der Waals surface area (Å²) in [4.78, 5) is 18.5. The zero-order chi connectivity index (χ0) is 13.1. The summed E-state index contributed by atoms with van der Waals surface area (Å²) in [5.41, 5.74) is 0.866. The normalized spacial score (nSPS) is 24.3. The van der Waals surface area contributed by atoms with E-state index >= 15 is 0 Å². The van der Waals surface area contributed by atoms with Crippen LogP contribution in [0.25, 0.3) is 0 Å². The molecule has 0 bridgehead atoms. The first-order valence-corrected chi connectivity index (χ1v) is 7.77. The van der Waals surface area contributed by atoms with Gasteiger partial charge in [-0.05, 0) is 18.3 Å². The number of carbonyl (C=O) groups excluding carboxylic acids is 1. The molecule has 100 valence electrons.